The molecule has 1 unspecified atom stereocenters. The van der Waals surface area contributed by atoms with Crippen molar-refractivity contribution in [2.45, 2.75) is 12.5 Å². The molecule has 0 aromatic rings. The van der Waals surface area contributed by atoms with Gasteiger partial charge in [0, 0.05) is 6.54 Å². The standard InChI is InChI=1S/C7H8N2O2/c10-6-5-3-1-2-4-9(5)7(11)8-6/h1,3,5H,2,4H2,(H,8,10,11). The van der Waals surface area contributed by atoms with Gasteiger partial charge in [0.25, 0.3) is 5.91 Å². The van der Waals surface area contributed by atoms with Crippen LogP contribution in [0.5, 0.6) is 0 Å². The average Bonchev–Trinajstić information content (AvgIpc) is 2.30. The molecule has 0 aromatic heterocycles. The molecule has 2 rings (SSSR count). The van der Waals surface area contributed by atoms with Crippen molar-refractivity contribution >= 4 is 11.9 Å². The molecule has 0 aromatic carbocycles. The van der Waals surface area contributed by atoms with Crippen molar-refractivity contribution in [3.8, 4) is 0 Å². The number of hydrogen-bond donors (Lipinski definition) is 1. The first-order valence-corrected chi connectivity index (χ1v) is 3.57. The van der Waals surface area contributed by atoms with E-state index in [-0.39, 0.29) is 18.0 Å². The quantitative estimate of drug-likeness (QED) is 0.388. The minimum atomic E-state index is -0.337. The first-order valence-electron chi connectivity index (χ1n) is 3.57. The lowest BCUT2D eigenvalue weighted by molar-refractivity contribution is -0.120. The molecule has 4 heteroatoms. The molecule has 3 amide bonds. The first-order chi connectivity index (χ1) is 5.29. The molecule has 58 valence electrons. The Balaban J connectivity index is 2.30. The van der Waals surface area contributed by atoms with Gasteiger partial charge in [0.2, 0.25) is 0 Å². The zero-order chi connectivity index (χ0) is 7.84. The minimum absolute atomic E-state index is 0.203. The van der Waals surface area contributed by atoms with Crippen molar-refractivity contribution in [1.29, 1.82) is 0 Å². The number of nitrogens with zero attached hydrogens (tertiary/aromatic N) is 1. The van der Waals surface area contributed by atoms with E-state index in [1.807, 2.05) is 6.08 Å². The summed E-state index contributed by atoms with van der Waals surface area (Å²) in [5.74, 6) is -0.203. The van der Waals surface area contributed by atoms with Crippen molar-refractivity contribution in [3.63, 3.8) is 0 Å². The van der Waals surface area contributed by atoms with Gasteiger partial charge in [-0.3, -0.25) is 10.1 Å². The summed E-state index contributed by atoms with van der Waals surface area (Å²) in [5.41, 5.74) is 0. The maximum atomic E-state index is 11.0. The second-order valence-corrected chi connectivity index (χ2v) is 2.65. The van der Waals surface area contributed by atoms with E-state index < -0.39 is 0 Å². The number of amides is 3. The van der Waals surface area contributed by atoms with Crippen LogP contribution in [0.2, 0.25) is 0 Å². The Kier molecular flexibility index (Phi) is 1.21. The van der Waals surface area contributed by atoms with E-state index in [0.29, 0.717) is 6.54 Å². The summed E-state index contributed by atoms with van der Waals surface area (Å²) in [6.45, 7) is 0.652. The summed E-state index contributed by atoms with van der Waals surface area (Å²) >= 11 is 0. The summed E-state index contributed by atoms with van der Waals surface area (Å²) in [7, 11) is 0. The van der Waals surface area contributed by atoms with Crippen LogP contribution < -0.4 is 5.32 Å². The van der Waals surface area contributed by atoms with E-state index in [0.717, 1.165) is 6.42 Å². The molecule has 0 aliphatic carbocycles. The lowest BCUT2D eigenvalue weighted by atomic mass is 10.1. The van der Waals surface area contributed by atoms with Gasteiger partial charge >= 0.3 is 6.03 Å². The molecule has 0 radical (unpaired) electrons. The summed E-state index contributed by atoms with van der Waals surface area (Å²) in [5, 5.41) is 2.26. The summed E-state index contributed by atoms with van der Waals surface area (Å²) in [4.78, 5) is 23.5. The van der Waals surface area contributed by atoms with Gasteiger partial charge in [0.15, 0.2) is 0 Å². The van der Waals surface area contributed by atoms with E-state index >= 15 is 0 Å². The van der Waals surface area contributed by atoms with E-state index in [4.69, 9.17) is 0 Å². The predicted molar refractivity (Wildman–Crippen MR) is 37.8 cm³/mol. The van der Waals surface area contributed by atoms with Crippen molar-refractivity contribution < 1.29 is 9.59 Å². The van der Waals surface area contributed by atoms with Crippen molar-refractivity contribution in [2.24, 2.45) is 0 Å². The van der Waals surface area contributed by atoms with Crippen molar-refractivity contribution in [3.05, 3.63) is 12.2 Å². The topological polar surface area (TPSA) is 49.4 Å². The van der Waals surface area contributed by atoms with Crippen LogP contribution in [0, 0.1) is 0 Å². The smallest absolute Gasteiger partial charge is 0.309 e. The van der Waals surface area contributed by atoms with Crippen LogP contribution >= 0.6 is 0 Å². The number of hydrogen-bond acceptors (Lipinski definition) is 2. The number of rotatable bonds is 0. The van der Waals surface area contributed by atoms with E-state index in [2.05, 4.69) is 5.32 Å². The van der Waals surface area contributed by atoms with E-state index in [1.165, 1.54) is 0 Å². The average molecular weight is 152 g/mol. The third-order valence-electron chi connectivity index (χ3n) is 1.95. The molecule has 2 aliphatic rings. The highest BCUT2D eigenvalue weighted by Crippen LogP contribution is 2.14. The second kappa shape index (κ2) is 2.08. The lowest BCUT2D eigenvalue weighted by Gasteiger charge is -2.21. The van der Waals surface area contributed by atoms with E-state index in [9.17, 15) is 9.59 Å². The number of fused-ring (bicyclic) bond motifs is 1. The number of imide groups is 1. The zero-order valence-corrected chi connectivity index (χ0v) is 5.91. The summed E-state index contributed by atoms with van der Waals surface area (Å²) < 4.78 is 0. The highest BCUT2D eigenvalue weighted by molar-refractivity contribution is 6.05. The number of nitrogens with one attached hydrogen (secondary N) is 1. The van der Waals surface area contributed by atoms with Crippen LogP contribution in [0.15, 0.2) is 12.2 Å². The van der Waals surface area contributed by atoms with Gasteiger partial charge in [-0.05, 0) is 6.42 Å². The molecule has 0 spiro atoms. The molecule has 1 saturated heterocycles. The molecule has 0 bridgehead atoms. The monoisotopic (exact) mass is 152 g/mol. The fourth-order valence-corrected chi connectivity index (χ4v) is 1.39. The molecule has 1 N–H and O–H groups in total. The Morgan fingerprint density at radius 2 is 2.36 bits per heavy atom. The van der Waals surface area contributed by atoms with E-state index in [1.54, 1.807) is 11.0 Å². The second-order valence-electron chi connectivity index (χ2n) is 2.65. The Bertz CT molecular complexity index is 247. The maximum Gasteiger partial charge on any atom is 0.325 e. The molecule has 1 atom stereocenters. The Labute approximate surface area is 63.9 Å². The fourth-order valence-electron chi connectivity index (χ4n) is 1.39. The van der Waals surface area contributed by atoms with Gasteiger partial charge in [-0.2, -0.15) is 0 Å². The van der Waals surface area contributed by atoms with Crippen LogP contribution in [0.1, 0.15) is 6.42 Å². The minimum Gasteiger partial charge on any atom is -0.309 e. The Hall–Kier alpha value is -1.32. The van der Waals surface area contributed by atoms with Gasteiger partial charge < -0.3 is 4.90 Å². The van der Waals surface area contributed by atoms with Crippen LogP contribution in [-0.2, 0) is 4.79 Å². The third kappa shape index (κ3) is 0.824. The fraction of sp³-hybridized carbons (Fsp3) is 0.429. The third-order valence-corrected chi connectivity index (χ3v) is 1.95. The Morgan fingerprint density at radius 1 is 1.55 bits per heavy atom. The molecule has 2 heterocycles. The molecule has 1 fully saturated rings. The maximum absolute atomic E-state index is 11.0. The van der Waals surface area contributed by atoms with Gasteiger partial charge in [-0.1, -0.05) is 12.2 Å². The first kappa shape index (κ1) is 6.39. The lowest BCUT2D eigenvalue weighted by Crippen LogP contribution is -2.36. The largest absolute Gasteiger partial charge is 0.325 e. The molecule has 4 nitrogen and oxygen atoms in total. The molecular formula is C7H8N2O2. The Morgan fingerprint density at radius 3 is 3.09 bits per heavy atom. The van der Waals surface area contributed by atoms with Gasteiger partial charge in [-0.15, -0.1) is 0 Å². The predicted octanol–water partition coefficient (Wildman–Crippen LogP) is -0.133. The SMILES string of the molecule is O=C1NC(=O)N2CCC=CC12. The summed E-state index contributed by atoms with van der Waals surface area (Å²) in [6, 6.07) is -0.597. The van der Waals surface area contributed by atoms with Crippen molar-refractivity contribution in [1.82, 2.24) is 10.2 Å². The number of urea groups is 1. The molecule has 11 heavy (non-hydrogen) atoms. The van der Waals surface area contributed by atoms with Crippen LogP contribution in [0.4, 0.5) is 4.79 Å². The van der Waals surface area contributed by atoms with Gasteiger partial charge in [-0.25, -0.2) is 4.79 Å². The normalized spacial score (nSPS) is 28.7. The van der Waals surface area contributed by atoms with Gasteiger partial charge in [0.05, 0.1) is 0 Å². The summed E-state index contributed by atoms with van der Waals surface area (Å²) in [6.07, 6.45) is 4.54. The van der Waals surface area contributed by atoms with Crippen molar-refractivity contribution in [2.75, 3.05) is 6.54 Å². The van der Waals surface area contributed by atoms with Crippen LogP contribution in [-0.4, -0.2) is 29.4 Å². The number of carbonyl (C=O) groups excluding carboxylic acids is 2. The molecule has 0 saturated carbocycles. The zero-order valence-electron chi connectivity index (χ0n) is 5.91. The highest BCUT2D eigenvalue weighted by atomic mass is 16.2. The highest BCUT2D eigenvalue weighted by Gasteiger charge is 2.37. The van der Waals surface area contributed by atoms with Crippen LogP contribution in [0.25, 0.3) is 0 Å². The number of carbonyl (C=O) groups is 2. The molecular weight excluding hydrogens is 144 g/mol. The van der Waals surface area contributed by atoms with Gasteiger partial charge in [0.1, 0.15) is 6.04 Å². The van der Waals surface area contributed by atoms with Crippen LogP contribution in [0.3, 0.4) is 0 Å². The molecule has 2 aliphatic heterocycles.